The van der Waals surface area contributed by atoms with Gasteiger partial charge in [-0.1, -0.05) is 26.2 Å². The van der Waals surface area contributed by atoms with E-state index in [9.17, 15) is 4.79 Å². The van der Waals surface area contributed by atoms with Gasteiger partial charge in [0.2, 0.25) is 0 Å². The lowest BCUT2D eigenvalue weighted by Gasteiger charge is -2.23. The molecule has 0 aromatic rings. The lowest BCUT2D eigenvalue weighted by Crippen LogP contribution is -2.44. The molecule has 0 bridgehead atoms. The van der Waals surface area contributed by atoms with Gasteiger partial charge in [0.05, 0.1) is 0 Å². The largest absolute Gasteiger partial charge is 0.338 e. The summed E-state index contributed by atoms with van der Waals surface area (Å²) in [5, 5.41) is 6.14. The SMILES string of the molecule is CCN1CCC(CNC(=O)NC2CCCCC2)C1. The molecule has 0 aromatic heterocycles. The molecule has 0 aromatic carbocycles. The van der Waals surface area contributed by atoms with Crippen molar-refractivity contribution in [1.29, 1.82) is 0 Å². The Morgan fingerprint density at radius 1 is 1.22 bits per heavy atom. The average molecular weight is 253 g/mol. The van der Waals surface area contributed by atoms with Gasteiger partial charge in [-0.05, 0) is 38.3 Å². The second-order valence-electron chi connectivity index (χ2n) is 5.74. The zero-order valence-electron chi connectivity index (χ0n) is 11.6. The molecule has 0 radical (unpaired) electrons. The Labute approximate surface area is 110 Å². The molecule has 2 N–H and O–H groups in total. The van der Waals surface area contributed by atoms with E-state index >= 15 is 0 Å². The molecule has 1 aliphatic heterocycles. The summed E-state index contributed by atoms with van der Waals surface area (Å²) >= 11 is 0. The maximum Gasteiger partial charge on any atom is 0.315 e. The standard InChI is InChI=1S/C14H27N3O/c1-2-17-9-8-12(11-17)10-15-14(18)16-13-6-4-3-5-7-13/h12-13H,2-11H2,1H3,(H2,15,16,18). The van der Waals surface area contributed by atoms with Crippen LogP contribution in [0.2, 0.25) is 0 Å². The van der Waals surface area contributed by atoms with Gasteiger partial charge in [0.25, 0.3) is 0 Å². The first-order chi connectivity index (χ1) is 8.78. The summed E-state index contributed by atoms with van der Waals surface area (Å²) in [4.78, 5) is 14.2. The van der Waals surface area contributed by atoms with E-state index in [-0.39, 0.29) is 6.03 Å². The molecule has 1 heterocycles. The van der Waals surface area contributed by atoms with E-state index in [4.69, 9.17) is 0 Å². The molecule has 2 fully saturated rings. The molecular weight excluding hydrogens is 226 g/mol. The molecule has 4 nitrogen and oxygen atoms in total. The van der Waals surface area contributed by atoms with Crippen molar-refractivity contribution in [2.24, 2.45) is 5.92 Å². The summed E-state index contributed by atoms with van der Waals surface area (Å²) in [6.07, 6.45) is 7.38. The number of nitrogens with zero attached hydrogens (tertiary/aromatic N) is 1. The number of nitrogens with one attached hydrogen (secondary N) is 2. The molecule has 1 aliphatic carbocycles. The predicted molar refractivity (Wildman–Crippen MR) is 73.6 cm³/mol. The second-order valence-corrected chi connectivity index (χ2v) is 5.74. The molecule has 1 saturated carbocycles. The minimum atomic E-state index is 0.0387. The quantitative estimate of drug-likeness (QED) is 0.804. The van der Waals surface area contributed by atoms with E-state index in [0.29, 0.717) is 12.0 Å². The van der Waals surface area contributed by atoms with Gasteiger partial charge in [0.15, 0.2) is 0 Å². The summed E-state index contributed by atoms with van der Waals surface area (Å²) in [7, 11) is 0. The van der Waals surface area contributed by atoms with Crippen molar-refractivity contribution in [2.75, 3.05) is 26.2 Å². The van der Waals surface area contributed by atoms with Crippen LogP contribution in [0.4, 0.5) is 4.79 Å². The summed E-state index contributed by atoms with van der Waals surface area (Å²) in [5.41, 5.74) is 0. The Balaban J connectivity index is 1.59. The number of hydrogen-bond acceptors (Lipinski definition) is 2. The van der Waals surface area contributed by atoms with Gasteiger partial charge >= 0.3 is 6.03 Å². The van der Waals surface area contributed by atoms with Gasteiger partial charge in [-0.15, -0.1) is 0 Å². The third-order valence-corrected chi connectivity index (χ3v) is 4.31. The van der Waals surface area contributed by atoms with Crippen molar-refractivity contribution in [2.45, 2.75) is 51.5 Å². The van der Waals surface area contributed by atoms with Crippen LogP contribution in [-0.2, 0) is 0 Å². The molecule has 2 rings (SSSR count). The monoisotopic (exact) mass is 253 g/mol. The van der Waals surface area contributed by atoms with Crippen LogP contribution in [0.25, 0.3) is 0 Å². The zero-order chi connectivity index (χ0) is 12.8. The fraction of sp³-hybridized carbons (Fsp3) is 0.929. The zero-order valence-corrected chi connectivity index (χ0v) is 11.6. The topological polar surface area (TPSA) is 44.4 Å². The van der Waals surface area contributed by atoms with Crippen LogP contribution in [0.15, 0.2) is 0 Å². The van der Waals surface area contributed by atoms with Gasteiger partial charge in [0, 0.05) is 19.1 Å². The van der Waals surface area contributed by atoms with E-state index in [0.717, 1.165) is 32.5 Å². The third kappa shape index (κ3) is 4.16. The number of rotatable bonds is 4. The Morgan fingerprint density at radius 3 is 2.67 bits per heavy atom. The highest BCUT2D eigenvalue weighted by Gasteiger charge is 2.22. The van der Waals surface area contributed by atoms with Crippen LogP contribution in [0, 0.1) is 5.92 Å². The molecular formula is C14H27N3O. The van der Waals surface area contributed by atoms with Crippen LogP contribution in [0.5, 0.6) is 0 Å². The number of urea groups is 1. The minimum Gasteiger partial charge on any atom is -0.338 e. The summed E-state index contributed by atoms with van der Waals surface area (Å²) in [6.45, 7) is 6.48. The van der Waals surface area contributed by atoms with Crippen LogP contribution in [0.3, 0.4) is 0 Å². The summed E-state index contributed by atoms with van der Waals surface area (Å²) in [6, 6.07) is 0.450. The number of carbonyl (C=O) groups excluding carboxylic acids is 1. The van der Waals surface area contributed by atoms with E-state index in [2.05, 4.69) is 22.5 Å². The number of carbonyl (C=O) groups is 1. The molecule has 0 spiro atoms. The highest BCUT2D eigenvalue weighted by Crippen LogP contribution is 2.17. The van der Waals surface area contributed by atoms with Crippen molar-refractivity contribution in [3.05, 3.63) is 0 Å². The van der Waals surface area contributed by atoms with Crippen LogP contribution in [-0.4, -0.2) is 43.2 Å². The highest BCUT2D eigenvalue weighted by atomic mass is 16.2. The van der Waals surface area contributed by atoms with Crippen molar-refractivity contribution in [3.8, 4) is 0 Å². The van der Waals surface area contributed by atoms with Crippen LogP contribution < -0.4 is 10.6 Å². The lowest BCUT2D eigenvalue weighted by atomic mass is 9.96. The Kier molecular flexibility index (Phi) is 5.29. The number of hydrogen-bond donors (Lipinski definition) is 2. The maximum absolute atomic E-state index is 11.8. The van der Waals surface area contributed by atoms with Crippen molar-refractivity contribution >= 4 is 6.03 Å². The van der Waals surface area contributed by atoms with E-state index in [1.54, 1.807) is 0 Å². The molecule has 4 heteroatoms. The Bertz CT molecular complexity index is 264. The van der Waals surface area contributed by atoms with Gasteiger partial charge in [-0.25, -0.2) is 4.79 Å². The normalized spacial score (nSPS) is 26.2. The molecule has 1 saturated heterocycles. The number of likely N-dealkylation sites (tertiary alicyclic amines) is 1. The maximum atomic E-state index is 11.8. The van der Waals surface area contributed by atoms with Crippen LogP contribution in [0.1, 0.15) is 45.4 Å². The molecule has 2 aliphatic rings. The summed E-state index contributed by atoms with van der Waals surface area (Å²) in [5.74, 6) is 0.641. The van der Waals surface area contributed by atoms with E-state index in [1.807, 2.05) is 0 Å². The summed E-state index contributed by atoms with van der Waals surface area (Å²) < 4.78 is 0. The van der Waals surface area contributed by atoms with E-state index in [1.165, 1.54) is 32.2 Å². The average Bonchev–Trinajstić information content (AvgIpc) is 2.85. The van der Waals surface area contributed by atoms with Crippen molar-refractivity contribution < 1.29 is 4.79 Å². The fourth-order valence-electron chi connectivity index (χ4n) is 3.09. The second kappa shape index (κ2) is 6.98. The van der Waals surface area contributed by atoms with Gasteiger partial charge in [-0.3, -0.25) is 0 Å². The molecule has 2 amide bonds. The molecule has 18 heavy (non-hydrogen) atoms. The van der Waals surface area contributed by atoms with E-state index < -0.39 is 0 Å². The predicted octanol–water partition coefficient (Wildman–Crippen LogP) is 1.96. The van der Waals surface area contributed by atoms with Crippen molar-refractivity contribution in [1.82, 2.24) is 15.5 Å². The highest BCUT2D eigenvalue weighted by molar-refractivity contribution is 5.74. The molecule has 1 atom stereocenters. The van der Waals surface area contributed by atoms with Crippen molar-refractivity contribution in [3.63, 3.8) is 0 Å². The van der Waals surface area contributed by atoms with Gasteiger partial charge in [-0.2, -0.15) is 0 Å². The first kappa shape index (κ1) is 13.7. The number of amides is 2. The Hall–Kier alpha value is -0.770. The fourth-order valence-corrected chi connectivity index (χ4v) is 3.09. The first-order valence-electron chi connectivity index (χ1n) is 7.54. The molecule has 1 unspecified atom stereocenters. The first-order valence-corrected chi connectivity index (χ1v) is 7.54. The van der Waals surface area contributed by atoms with Crippen LogP contribution >= 0.6 is 0 Å². The van der Waals surface area contributed by atoms with Gasteiger partial charge < -0.3 is 15.5 Å². The third-order valence-electron chi connectivity index (χ3n) is 4.31. The minimum absolute atomic E-state index is 0.0387. The van der Waals surface area contributed by atoms with Gasteiger partial charge in [0.1, 0.15) is 0 Å². The Morgan fingerprint density at radius 2 is 2.00 bits per heavy atom. The lowest BCUT2D eigenvalue weighted by molar-refractivity contribution is 0.230. The molecule has 104 valence electrons. The smallest absolute Gasteiger partial charge is 0.315 e.